The Morgan fingerprint density at radius 2 is 0.708 bits per heavy atom. The zero-order chi connectivity index (χ0) is 19.8. The monoisotopic (exact) mass is 478 g/mol. The molecule has 4 N–H and O–H groups in total. The van der Waals surface area contributed by atoms with Crippen LogP contribution in [0, 0.1) is 0 Å². The van der Waals surface area contributed by atoms with Crippen molar-refractivity contribution in [1.29, 1.82) is 0 Å². The van der Waals surface area contributed by atoms with E-state index in [1.54, 1.807) is 0 Å². The molecule has 0 aromatic carbocycles. The van der Waals surface area contributed by atoms with Crippen LogP contribution in [0.15, 0.2) is 0 Å². The van der Waals surface area contributed by atoms with E-state index in [0.29, 0.717) is 0 Å². The molecular weight excluding hydrogens is 470 g/mol. The molecule has 0 aromatic heterocycles. The molecular formula is C2H8O16P2S4. The molecule has 24 heavy (non-hydrogen) atoms. The molecule has 0 aliphatic carbocycles. The average molecular weight is 478 g/mol. The maximum absolute atomic E-state index is 11.4. The van der Waals surface area contributed by atoms with Crippen LogP contribution in [0.1, 0.15) is 0 Å². The largest absolute Gasteiger partial charge is 0.477 e. The first-order valence-electron chi connectivity index (χ1n) is 4.60. The van der Waals surface area contributed by atoms with Crippen molar-refractivity contribution in [2.75, 3.05) is 13.2 Å². The van der Waals surface area contributed by atoms with Crippen LogP contribution in [0.25, 0.3) is 0 Å². The molecule has 0 saturated carbocycles. The van der Waals surface area contributed by atoms with Gasteiger partial charge in [0.25, 0.3) is 0 Å². The summed E-state index contributed by atoms with van der Waals surface area (Å²) in [5, 5.41) is 0. The Kier molecular flexibility index (Phi) is 6.98. The van der Waals surface area contributed by atoms with Crippen LogP contribution in [-0.4, -0.2) is 65.1 Å². The molecule has 0 amide bonds. The number of rotatable bonds is 9. The molecule has 146 valence electrons. The van der Waals surface area contributed by atoms with Gasteiger partial charge in [-0.15, -0.1) is 0 Å². The summed E-state index contributed by atoms with van der Waals surface area (Å²) in [4.78, 5) is 0. The minimum atomic E-state index is -6.29. The van der Waals surface area contributed by atoms with Crippen LogP contribution in [0.5, 0.6) is 0 Å². The summed E-state index contributed by atoms with van der Waals surface area (Å²) in [6.07, 6.45) is 0. The van der Waals surface area contributed by atoms with E-state index in [9.17, 15) is 42.8 Å². The van der Waals surface area contributed by atoms with E-state index in [1.165, 1.54) is 0 Å². The lowest BCUT2D eigenvalue weighted by Gasteiger charge is -2.14. The topological polar surface area (TPSA) is 270 Å². The zero-order valence-electron chi connectivity index (χ0n) is 10.6. The Bertz CT molecular complexity index is 836. The molecule has 0 bridgehead atoms. The van der Waals surface area contributed by atoms with Gasteiger partial charge in [-0.05, 0) is 0 Å². The van der Waals surface area contributed by atoms with Crippen LogP contribution in [-0.2, 0) is 57.1 Å². The van der Waals surface area contributed by atoms with Crippen molar-refractivity contribution in [2.45, 2.75) is 0 Å². The third kappa shape index (κ3) is 4.80. The van der Waals surface area contributed by atoms with Crippen molar-refractivity contribution >= 4 is 50.5 Å². The summed E-state index contributed by atoms with van der Waals surface area (Å²) >= 11 is 0. The summed E-state index contributed by atoms with van der Waals surface area (Å²) in [5.41, 5.74) is 0. The first kappa shape index (κ1) is 24.0. The Morgan fingerprint density at radius 1 is 0.542 bits per heavy atom. The molecule has 0 unspecified atom stereocenters. The summed E-state index contributed by atoms with van der Waals surface area (Å²) < 4.78 is 149. The highest BCUT2D eigenvalue weighted by Gasteiger charge is 2.53. The lowest BCUT2D eigenvalue weighted by Crippen LogP contribution is -2.17. The highest BCUT2D eigenvalue weighted by Crippen LogP contribution is 2.59. The van der Waals surface area contributed by atoms with Gasteiger partial charge in [-0.1, -0.05) is 0 Å². The van der Waals surface area contributed by atoms with Gasteiger partial charge in [0.05, 0.1) is 13.2 Å². The fourth-order valence-corrected chi connectivity index (χ4v) is 10.6. The van der Waals surface area contributed by atoms with E-state index in [0.717, 1.165) is 0 Å². The summed E-state index contributed by atoms with van der Waals surface area (Å²) in [6, 6.07) is 0. The Labute approximate surface area is 134 Å². The summed E-state index contributed by atoms with van der Waals surface area (Å²) in [7, 11) is -24.2. The highest BCUT2D eigenvalue weighted by atomic mass is 33.1. The lowest BCUT2D eigenvalue weighted by molar-refractivity contribution is 0.231. The van der Waals surface area contributed by atoms with Gasteiger partial charge in [-0.25, -0.2) is 0 Å². The standard InChI is InChI=1S/C2H8O16P2S4/c3-19(21(5,6)7,22(8,9)10)17-1-2-18-20(4,23(11,12)13)24(14,15)16/h1-2H2,(H,5,6,7)(H,8,9,10)(H,11,12,13)(H,14,15,16). The maximum atomic E-state index is 11.4. The molecule has 0 aliphatic rings. The van der Waals surface area contributed by atoms with Gasteiger partial charge < -0.3 is 9.05 Å². The third-order valence-electron chi connectivity index (χ3n) is 1.71. The van der Waals surface area contributed by atoms with Gasteiger partial charge >= 0.3 is 50.5 Å². The molecule has 0 spiro atoms. The predicted molar refractivity (Wildman–Crippen MR) is 73.3 cm³/mol. The van der Waals surface area contributed by atoms with Gasteiger partial charge in [0.1, 0.15) is 0 Å². The molecule has 22 heteroatoms. The van der Waals surface area contributed by atoms with Crippen molar-refractivity contribution in [3.63, 3.8) is 0 Å². The first-order chi connectivity index (χ1) is 10.2. The van der Waals surface area contributed by atoms with Gasteiger partial charge in [0, 0.05) is 0 Å². The second-order valence-corrected chi connectivity index (χ2v) is 21.9. The minimum Gasteiger partial charge on any atom is -0.301 e. The number of hydrogen-bond acceptors (Lipinski definition) is 12. The van der Waals surface area contributed by atoms with Gasteiger partial charge in [-0.2, -0.15) is 33.7 Å². The number of hydrogen-bond donors (Lipinski definition) is 4. The molecule has 0 aromatic rings. The molecule has 0 aliphatic heterocycles. The third-order valence-corrected chi connectivity index (χ3v) is 19.8. The fraction of sp³-hybridized carbons (Fsp3) is 1.00. The zero-order valence-corrected chi connectivity index (χ0v) is 15.7. The predicted octanol–water partition coefficient (Wildman–Crippen LogP) is -1.21. The quantitative estimate of drug-likeness (QED) is 0.172. The SMILES string of the molecule is O=P(OCCOP(=O)(S(=O)(=O)O)S(=O)(=O)O)(S(=O)(=O)O)S(=O)(=O)O. The van der Waals surface area contributed by atoms with Crippen molar-refractivity contribution in [2.24, 2.45) is 0 Å². The van der Waals surface area contributed by atoms with Crippen molar-refractivity contribution in [1.82, 2.24) is 0 Å². The minimum absolute atomic E-state index is 1.65. The van der Waals surface area contributed by atoms with E-state index < -0.39 is 63.7 Å². The van der Waals surface area contributed by atoms with Gasteiger partial charge in [0.15, 0.2) is 0 Å². The Morgan fingerprint density at radius 3 is 0.833 bits per heavy atom. The van der Waals surface area contributed by atoms with Crippen LogP contribution < -0.4 is 0 Å². The van der Waals surface area contributed by atoms with Crippen LogP contribution in [0.2, 0.25) is 0 Å². The molecule has 0 fully saturated rings. The smallest absolute Gasteiger partial charge is 0.301 e. The molecule has 16 nitrogen and oxygen atoms in total. The molecule has 0 heterocycles. The van der Waals surface area contributed by atoms with E-state index >= 15 is 0 Å². The lowest BCUT2D eigenvalue weighted by atomic mass is 10.8. The first-order valence-corrected chi connectivity index (χ1v) is 16.0. The summed E-state index contributed by atoms with van der Waals surface area (Å²) in [5.74, 6) is -12.6. The van der Waals surface area contributed by atoms with Crippen LogP contribution in [0.3, 0.4) is 0 Å². The fourth-order valence-electron chi connectivity index (χ4n) is 0.803. The molecule has 0 atom stereocenters. The summed E-state index contributed by atoms with van der Waals surface area (Å²) in [6.45, 7) is -3.29. The Balaban J connectivity index is 5.48. The second kappa shape index (κ2) is 6.97. The van der Waals surface area contributed by atoms with Gasteiger partial charge in [-0.3, -0.25) is 27.3 Å². The van der Waals surface area contributed by atoms with E-state index in [4.69, 9.17) is 18.2 Å². The van der Waals surface area contributed by atoms with Crippen molar-refractivity contribution < 1.29 is 70.1 Å². The van der Waals surface area contributed by atoms with Crippen molar-refractivity contribution in [3.05, 3.63) is 0 Å². The average Bonchev–Trinajstić information content (AvgIpc) is 2.28. The molecule has 0 saturated heterocycles. The van der Waals surface area contributed by atoms with E-state index in [1.807, 2.05) is 0 Å². The second-order valence-electron chi connectivity index (χ2n) is 3.35. The van der Waals surface area contributed by atoms with E-state index in [-0.39, 0.29) is 0 Å². The van der Waals surface area contributed by atoms with E-state index in [2.05, 4.69) is 9.05 Å². The Hall–Kier alpha value is 0.0200. The van der Waals surface area contributed by atoms with Gasteiger partial charge in [0.2, 0.25) is 0 Å². The maximum Gasteiger partial charge on any atom is 0.477 e. The van der Waals surface area contributed by atoms with Crippen LogP contribution in [0.4, 0.5) is 0 Å². The van der Waals surface area contributed by atoms with Crippen molar-refractivity contribution in [3.8, 4) is 0 Å². The highest BCUT2D eigenvalue weighted by molar-refractivity contribution is 8.81. The molecule has 0 radical (unpaired) electrons. The molecule has 0 rings (SSSR count). The normalized spacial score (nSPS) is 15.3. The van der Waals surface area contributed by atoms with Crippen LogP contribution >= 0.6 is 11.5 Å².